The van der Waals surface area contributed by atoms with Crippen molar-refractivity contribution < 1.29 is 4.79 Å². The van der Waals surface area contributed by atoms with Crippen molar-refractivity contribution in [2.45, 2.75) is 39.0 Å². The highest BCUT2D eigenvalue weighted by Crippen LogP contribution is 2.31. The Balaban J connectivity index is 2.25. The van der Waals surface area contributed by atoms with Crippen LogP contribution in [0.1, 0.15) is 39.0 Å². The maximum Gasteiger partial charge on any atom is 0.239 e. The zero-order chi connectivity index (χ0) is 15.7. The molecule has 21 heavy (non-hydrogen) atoms. The first kappa shape index (κ1) is 18.4. The fraction of sp³-hybridized carbons (Fsp3) is 0.533. The van der Waals surface area contributed by atoms with E-state index in [0.717, 1.165) is 12.8 Å². The van der Waals surface area contributed by atoms with E-state index in [1.807, 2.05) is 0 Å². The van der Waals surface area contributed by atoms with Gasteiger partial charge in [-0.25, -0.2) is 0 Å². The molecular weight excluding hydrogens is 331 g/mol. The lowest BCUT2D eigenvalue weighted by Crippen LogP contribution is -2.30. The second kappa shape index (κ2) is 10.1. The molecular formula is C15H21Cl3N2O. The maximum absolute atomic E-state index is 11.7. The van der Waals surface area contributed by atoms with Crippen LogP contribution in [0, 0.1) is 0 Å². The van der Waals surface area contributed by atoms with Crippen molar-refractivity contribution in [1.29, 1.82) is 0 Å². The van der Waals surface area contributed by atoms with Gasteiger partial charge in [-0.05, 0) is 18.6 Å². The van der Waals surface area contributed by atoms with Crippen LogP contribution in [0.3, 0.4) is 0 Å². The molecule has 118 valence electrons. The minimum Gasteiger partial charge on any atom is -0.375 e. The third-order valence-corrected chi connectivity index (χ3v) is 4.09. The molecule has 0 saturated heterocycles. The summed E-state index contributed by atoms with van der Waals surface area (Å²) in [5.74, 6) is -0.0624. The van der Waals surface area contributed by atoms with Crippen molar-refractivity contribution in [3.05, 3.63) is 27.2 Å². The standard InChI is InChI=1S/C15H21Cl3N2O/c1-2-3-4-5-6-7-19-15(21)10-20-14-9-12(17)11(16)8-13(14)18/h8-9,20H,2-7,10H2,1H3,(H,19,21). The van der Waals surface area contributed by atoms with Gasteiger partial charge in [0.2, 0.25) is 5.91 Å². The Kier molecular flexibility index (Phi) is 8.90. The quantitative estimate of drug-likeness (QED) is 0.477. The van der Waals surface area contributed by atoms with Crippen molar-refractivity contribution in [3.8, 4) is 0 Å². The van der Waals surface area contributed by atoms with Gasteiger partial charge in [0, 0.05) is 6.54 Å². The zero-order valence-corrected chi connectivity index (χ0v) is 14.4. The number of hydrogen-bond donors (Lipinski definition) is 2. The van der Waals surface area contributed by atoms with Crippen LogP contribution in [-0.2, 0) is 4.79 Å². The normalized spacial score (nSPS) is 10.5. The molecule has 0 bridgehead atoms. The number of amides is 1. The molecule has 0 aliphatic heterocycles. The Morgan fingerprint density at radius 2 is 1.67 bits per heavy atom. The van der Waals surface area contributed by atoms with E-state index in [1.54, 1.807) is 12.1 Å². The Morgan fingerprint density at radius 3 is 2.38 bits per heavy atom. The Hall–Kier alpha value is -0.640. The van der Waals surface area contributed by atoms with Crippen LogP contribution in [0.25, 0.3) is 0 Å². The number of rotatable bonds is 9. The van der Waals surface area contributed by atoms with Gasteiger partial charge in [0.05, 0.1) is 27.3 Å². The highest BCUT2D eigenvalue weighted by atomic mass is 35.5. The predicted molar refractivity (Wildman–Crippen MR) is 91.7 cm³/mol. The average molecular weight is 352 g/mol. The van der Waals surface area contributed by atoms with Crippen molar-refractivity contribution >= 4 is 46.4 Å². The summed E-state index contributed by atoms with van der Waals surface area (Å²) in [6.07, 6.45) is 5.87. The van der Waals surface area contributed by atoms with Crippen LogP contribution in [0.2, 0.25) is 15.1 Å². The minimum atomic E-state index is -0.0624. The molecule has 6 heteroatoms. The van der Waals surface area contributed by atoms with Gasteiger partial charge in [-0.3, -0.25) is 4.79 Å². The Labute approximate surface area is 141 Å². The number of carbonyl (C=O) groups excluding carboxylic acids is 1. The van der Waals surface area contributed by atoms with E-state index >= 15 is 0 Å². The molecule has 0 heterocycles. The van der Waals surface area contributed by atoms with Gasteiger partial charge in [-0.2, -0.15) is 0 Å². The van der Waals surface area contributed by atoms with E-state index < -0.39 is 0 Å². The average Bonchev–Trinajstić information content (AvgIpc) is 2.45. The van der Waals surface area contributed by atoms with Crippen LogP contribution >= 0.6 is 34.8 Å². The number of benzene rings is 1. The third-order valence-electron chi connectivity index (χ3n) is 3.05. The summed E-state index contributed by atoms with van der Waals surface area (Å²) < 4.78 is 0. The number of carbonyl (C=O) groups is 1. The molecule has 1 aromatic rings. The first-order chi connectivity index (χ1) is 10.0. The minimum absolute atomic E-state index is 0.0624. The molecule has 0 spiro atoms. The van der Waals surface area contributed by atoms with E-state index in [-0.39, 0.29) is 12.5 Å². The van der Waals surface area contributed by atoms with E-state index in [2.05, 4.69) is 17.6 Å². The fourth-order valence-electron chi connectivity index (χ4n) is 1.85. The molecule has 2 N–H and O–H groups in total. The van der Waals surface area contributed by atoms with E-state index in [9.17, 15) is 4.79 Å². The SMILES string of the molecule is CCCCCCCNC(=O)CNc1cc(Cl)c(Cl)cc1Cl. The second-order valence-electron chi connectivity index (χ2n) is 4.86. The van der Waals surface area contributed by atoms with Crippen LogP contribution in [0.15, 0.2) is 12.1 Å². The van der Waals surface area contributed by atoms with E-state index in [1.165, 1.54) is 19.3 Å². The lowest BCUT2D eigenvalue weighted by atomic mass is 10.1. The van der Waals surface area contributed by atoms with Gasteiger partial charge in [-0.15, -0.1) is 0 Å². The third kappa shape index (κ3) is 7.25. The summed E-state index contributed by atoms with van der Waals surface area (Å²) in [4.78, 5) is 11.7. The Bertz CT molecular complexity index is 466. The van der Waals surface area contributed by atoms with E-state index in [4.69, 9.17) is 34.8 Å². The topological polar surface area (TPSA) is 41.1 Å². The van der Waals surface area contributed by atoms with Crippen molar-refractivity contribution in [2.24, 2.45) is 0 Å². The number of nitrogens with one attached hydrogen (secondary N) is 2. The van der Waals surface area contributed by atoms with Gasteiger partial charge in [0.15, 0.2) is 0 Å². The summed E-state index contributed by atoms with van der Waals surface area (Å²) in [5.41, 5.74) is 0.601. The monoisotopic (exact) mass is 350 g/mol. The fourth-order valence-corrected chi connectivity index (χ4v) is 2.47. The molecule has 0 saturated carbocycles. The number of halogens is 3. The summed E-state index contributed by atoms with van der Waals surface area (Å²) in [6.45, 7) is 3.05. The molecule has 1 amide bonds. The molecule has 0 radical (unpaired) electrons. The number of hydrogen-bond acceptors (Lipinski definition) is 2. The first-order valence-corrected chi connectivity index (χ1v) is 8.33. The molecule has 0 aliphatic rings. The molecule has 1 aromatic carbocycles. The van der Waals surface area contributed by atoms with Gasteiger partial charge >= 0.3 is 0 Å². The largest absolute Gasteiger partial charge is 0.375 e. The highest BCUT2D eigenvalue weighted by Gasteiger charge is 2.07. The number of unbranched alkanes of at least 4 members (excludes halogenated alkanes) is 4. The molecule has 3 nitrogen and oxygen atoms in total. The van der Waals surface area contributed by atoms with Gasteiger partial charge in [0.1, 0.15) is 0 Å². The van der Waals surface area contributed by atoms with Crippen molar-refractivity contribution in [2.75, 3.05) is 18.4 Å². The molecule has 0 aliphatic carbocycles. The zero-order valence-electron chi connectivity index (χ0n) is 12.1. The van der Waals surface area contributed by atoms with Crippen LogP contribution < -0.4 is 10.6 Å². The van der Waals surface area contributed by atoms with Gasteiger partial charge in [-0.1, -0.05) is 67.4 Å². The van der Waals surface area contributed by atoms with Gasteiger partial charge < -0.3 is 10.6 Å². The summed E-state index contributed by atoms with van der Waals surface area (Å²) in [5, 5.41) is 7.06. The maximum atomic E-state index is 11.7. The smallest absolute Gasteiger partial charge is 0.239 e. The summed E-state index contributed by atoms with van der Waals surface area (Å²) in [7, 11) is 0. The molecule has 1 rings (SSSR count). The number of anilines is 1. The van der Waals surface area contributed by atoms with Crippen molar-refractivity contribution in [3.63, 3.8) is 0 Å². The summed E-state index contributed by atoms with van der Waals surface area (Å²) >= 11 is 17.8. The highest BCUT2D eigenvalue weighted by molar-refractivity contribution is 6.44. The lowest BCUT2D eigenvalue weighted by Gasteiger charge is -2.10. The van der Waals surface area contributed by atoms with Crippen LogP contribution in [0.4, 0.5) is 5.69 Å². The predicted octanol–water partition coefficient (Wildman–Crippen LogP) is 5.15. The lowest BCUT2D eigenvalue weighted by molar-refractivity contribution is -0.119. The molecule has 0 aromatic heterocycles. The second-order valence-corrected chi connectivity index (χ2v) is 6.09. The molecule has 0 atom stereocenters. The first-order valence-electron chi connectivity index (χ1n) is 7.19. The van der Waals surface area contributed by atoms with Crippen LogP contribution in [0.5, 0.6) is 0 Å². The Morgan fingerprint density at radius 1 is 1.00 bits per heavy atom. The summed E-state index contributed by atoms with van der Waals surface area (Å²) in [6, 6.07) is 3.17. The van der Waals surface area contributed by atoms with Crippen LogP contribution in [-0.4, -0.2) is 19.0 Å². The van der Waals surface area contributed by atoms with Crippen molar-refractivity contribution in [1.82, 2.24) is 5.32 Å². The molecule has 0 unspecified atom stereocenters. The van der Waals surface area contributed by atoms with E-state index in [0.29, 0.717) is 27.3 Å². The van der Waals surface area contributed by atoms with Gasteiger partial charge in [0.25, 0.3) is 0 Å². The molecule has 0 fully saturated rings.